The Hall–Kier alpha value is -3.02. The highest BCUT2D eigenvalue weighted by atomic mass is 16.6. The van der Waals surface area contributed by atoms with Gasteiger partial charge in [-0.05, 0) is 105 Å². The Bertz CT molecular complexity index is 1240. The fourth-order valence-corrected chi connectivity index (χ4v) is 7.65. The molecule has 0 unspecified atom stereocenters. The van der Waals surface area contributed by atoms with E-state index in [1.807, 2.05) is 57.4 Å². The Morgan fingerprint density at radius 1 is 0.898 bits per heavy atom. The van der Waals surface area contributed by atoms with Crippen LogP contribution in [0.4, 0.5) is 27.2 Å². The molecule has 1 aromatic rings. The lowest BCUT2D eigenvalue weighted by molar-refractivity contribution is 0.0000111. The van der Waals surface area contributed by atoms with Gasteiger partial charge in [-0.1, -0.05) is 19.3 Å². The maximum atomic E-state index is 13.7. The lowest BCUT2D eigenvalue weighted by Crippen LogP contribution is -2.50. The number of nitrogen functional groups attached to an aromatic ring is 1. The molecule has 0 atom stereocenters. The topological polar surface area (TPSA) is 138 Å². The Labute approximate surface area is 294 Å². The number of carbonyl (C=O) groups excluding carboxylic acids is 2. The Kier molecular flexibility index (Phi) is 12.1. The van der Waals surface area contributed by atoms with Crippen molar-refractivity contribution in [2.45, 2.75) is 129 Å². The zero-order valence-corrected chi connectivity index (χ0v) is 31.2. The molecule has 276 valence electrons. The van der Waals surface area contributed by atoms with Gasteiger partial charge in [0.2, 0.25) is 5.95 Å². The summed E-state index contributed by atoms with van der Waals surface area (Å²) < 4.78 is 11.9. The standard InChI is InChI=1S/C37H64N8O4/c1-35(2,3)48-33(46)44(25-37(16-17-37)26-45(29-10-8-7-9-11-29)34(47)49-36(4,5)6)24-28-14-12-27(13-15-28)23-40-32-41-30(38)22-31(42-32)43-20-18-39-19-21-43/h22,27-29,39H,7-21,23-26H2,1-6H3,(H3,38,40,41,42)/t27-,28-. The first-order chi connectivity index (χ1) is 23.2. The zero-order chi connectivity index (χ0) is 35.2. The van der Waals surface area contributed by atoms with E-state index >= 15 is 0 Å². The normalized spacial score (nSPS) is 23.0. The average molecular weight is 685 g/mol. The van der Waals surface area contributed by atoms with Crippen molar-refractivity contribution in [2.24, 2.45) is 17.3 Å². The third-order valence-corrected chi connectivity index (χ3v) is 10.5. The molecule has 2 heterocycles. The number of amides is 2. The number of nitrogens with zero attached hydrogens (tertiary/aromatic N) is 5. The van der Waals surface area contributed by atoms with Gasteiger partial charge >= 0.3 is 12.2 Å². The number of hydrogen-bond donors (Lipinski definition) is 3. The van der Waals surface area contributed by atoms with Crippen LogP contribution in [0, 0.1) is 17.3 Å². The van der Waals surface area contributed by atoms with Crippen molar-refractivity contribution in [1.29, 1.82) is 0 Å². The summed E-state index contributed by atoms with van der Waals surface area (Å²) in [7, 11) is 0. The maximum Gasteiger partial charge on any atom is 0.410 e. The predicted octanol–water partition coefficient (Wildman–Crippen LogP) is 6.27. The van der Waals surface area contributed by atoms with Gasteiger partial charge in [-0.15, -0.1) is 0 Å². The molecule has 1 saturated heterocycles. The summed E-state index contributed by atoms with van der Waals surface area (Å²) in [4.78, 5) is 42.7. The molecule has 5 rings (SSSR count). The first-order valence-corrected chi connectivity index (χ1v) is 19.0. The van der Waals surface area contributed by atoms with Crippen molar-refractivity contribution >= 4 is 29.8 Å². The summed E-state index contributed by atoms with van der Waals surface area (Å²) in [6.07, 6.45) is 11.3. The summed E-state index contributed by atoms with van der Waals surface area (Å²) in [5.41, 5.74) is 4.91. The molecule has 0 spiro atoms. The molecule has 4 aliphatic rings. The average Bonchev–Trinajstić information content (AvgIpc) is 3.81. The largest absolute Gasteiger partial charge is 0.444 e. The van der Waals surface area contributed by atoms with Crippen molar-refractivity contribution in [2.75, 3.05) is 68.3 Å². The number of hydrogen-bond acceptors (Lipinski definition) is 10. The molecule has 1 aliphatic heterocycles. The van der Waals surface area contributed by atoms with E-state index in [0.717, 1.165) is 103 Å². The van der Waals surface area contributed by atoms with Gasteiger partial charge < -0.3 is 40.5 Å². The summed E-state index contributed by atoms with van der Waals surface area (Å²) in [5, 5.41) is 6.85. The Morgan fingerprint density at radius 3 is 2.12 bits per heavy atom. The monoisotopic (exact) mass is 685 g/mol. The van der Waals surface area contributed by atoms with Gasteiger partial charge in [-0.2, -0.15) is 9.97 Å². The van der Waals surface area contributed by atoms with E-state index in [-0.39, 0.29) is 23.6 Å². The van der Waals surface area contributed by atoms with Crippen LogP contribution in [-0.4, -0.2) is 102 Å². The van der Waals surface area contributed by atoms with Crippen LogP contribution >= 0.6 is 0 Å². The lowest BCUT2D eigenvalue weighted by Gasteiger charge is -2.40. The van der Waals surface area contributed by atoms with Gasteiger partial charge in [0.05, 0.1) is 0 Å². The Morgan fingerprint density at radius 2 is 1.51 bits per heavy atom. The van der Waals surface area contributed by atoms with Crippen molar-refractivity contribution in [3.63, 3.8) is 0 Å². The number of nitrogens with two attached hydrogens (primary N) is 1. The summed E-state index contributed by atoms with van der Waals surface area (Å²) in [6, 6.07) is 2.06. The number of carbonyl (C=O) groups is 2. The summed E-state index contributed by atoms with van der Waals surface area (Å²) >= 11 is 0. The molecule has 4 N–H and O–H groups in total. The van der Waals surface area contributed by atoms with Gasteiger partial charge in [0.25, 0.3) is 0 Å². The molecule has 3 saturated carbocycles. The fourth-order valence-electron chi connectivity index (χ4n) is 7.65. The van der Waals surface area contributed by atoms with Crippen molar-refractivity contribution in [3.8, 4) is 0 Å². The van der Waals surface area contributed by atoms with E-state index in [2.05, 4.69) is 20.5 Å². The second-order valence-electron chi connectivity index (χ2n) is 17.2. The molecule has 1 aromatic heterocycles. The van der Waals surface area contributed by atoms with Crippen molar-refractivity contribution in [1.82, 2.24) is 25.1 Å². The minimum absolute atomic E-state index is 0.118. The predicted molar refractivity (Wildman–Crippen MR) is 195 cm³/mol. The SMILES string of the molecule is CC(C)(C)OC(=O)N(CC1(CN(C(=O)OC(C)(C)C)C2CCCCC2)CC1)C[C@H]1CC[C@H](CNc2nc(N)cc(N3CCNCC3)n2)CC1. The smallest absolute Gasteiger partial charge is 0.410 e. The van der Waals surface area contributed by atoms with Gasteiger partial charge in [0, 0.05) is 69.9 Å². The van der Waals surface area contributed by atoms with Crippen LogP contribution in [0.5, 0.6) is 0 Å². The zero-order valence-electron chi connectivity index (χ0n) is 31.2. The number of ether oxygens (including phenoxy) is 2. The highest BCUT2D eigenvalue weighted by Gasteiger charge is 2.49. The minimum Gasteiger partial charge on any atom is -0.444 e. The molecule has 4 fully saturated rings. The van der Waals surface area contributed by atoms with Crippen LogP contribution in [0.2, 0.25) is 0 Å². The molecule has 0 aromatic carbocycles. The van der Waals surface area contributed by atoms with E-state index in [1.54, 1.807) is 0 Å². The first kappa shape index (κ1) is 37.2. The van der Waals surface area contributed by atoms with Gasteiger partial charge in [0.15, 0.2) is 0 Å². The van der Waals surface area contributed by atoms with E-state index in [4.69, 9.17) is 20.2 Å². The number of piperazine rings is 1. The van der Waals surface area contributed by atoms with Gasteiger partial charge in [0.1, 0.15) is 22.8 Å². The van der Waals surface area contributed by atoms with Crippen LogP contribution in [0.1, 0.15) is 112 Å². The van der Waals surface area contributed by atoms with Crippen molar-refractivity contribution < 1.29 is 19.1 Å². The van der Waals surface area contributed by atoms with Crippen LogP contribution in [-0.2, 0) is 9.47 Å². The summed E-state index contributed by atoms with van der Waals surface area (Å²) in [6.45, 7) is 18.0. The molecular formula is C37H64N8O4. The third kappa shape index (κ3) is 11.5. The molecular weight excluding hydrogens is 620 g/mol. The van der Waals surface area contributed by atoms with Crippen LogP contribution in [0.25, 0.3) is 0 Å². The van der Waals surface area contributed by atoms with E-state index in [0.29, 0.717) is 43.2 Å². The summed E-state index contributed by atoms with van der Waals surface area (Å²) in [5.74, 6) is 2.87. The van der Waals surface area contributed by atoms with E-state index in [1.165, 1.54) is 6.42 Å². The molecule has 49 heavy (non-hydrogen) atoms. The minimum atomic E-state index is -0.576. The maximum absolute atomic E-state index is 13.7. The van der Waals surface area contributed by atoms with Gasteiger partial charge in [-0.25, -0.2) is 9.59 Å². The van der Waals surface area contributed by atoms with Crippen LogP contribution in [0.3, 0.4) is 0 Å². The highest BCUT2D eigenvalue weighted by molar-refractivity contribution is 5.69. The van der Waals surface area contributed by atoms with Crippen molar-refractivity contribution in [3.05, 3.63) is 6.07 Å². The Balaban J connectivity index is 1.18. The number of rotatable bonds is 11. The molecule has 0 bridgehead atoms. The molecule has 12 heteroatoms. The molecule has 0 radical (unpaired) electrons. The van der Waals surface area contributed by atoms with Crippen LogP contribution in [0.15, 0.2) is 6.07 Å². The second-order valence-corrected chi connectivity index (χ2v) is 17.2. The molecule has 3 aliphatic carbocycles. The number of anilines is 3. The lowest BCUT2D eigenvalue weighted by atomic mass is 9.81. The first-order valence-electron chi connectivity index (χ1n) is 19.0. The van der Waals surface area contributed by atoms with Crippen LogP contribution < -0.4 is 21.3 Å². The number of aromatic nitrogens is 2. The number of nitrogens with one attached hydrogen (secondary N) is 2. The molecule has 12 nitrogen and oxygen atoms in total. The second kappa shape index (κ2) is 15.9. The van der Waals surface area contributed by atoms with E-state index in [9.17, 15) is 9.59 Å². The highest BCUT2D eigenvalue weighted by Crippen LogP contribution is 2.48. The third-order valence-electron chi connectivity index (χ3n) is 10.5. The fraction of sp³-hybridized carbons (Fsp3) is 0.838. The molecule has 2 amide bonds. The quantitative estimate of drug-likeness (QED) is 0.244. The van der Waals surface area contributed by atoms with E-state index < -0.39 is 11.2 Å². The van der Waals surface area contributed by atoms with Gasteiger partial charge in [-0.3, -0.25) is 0 Å².